The Bertz CT molecular complexity index is 4150. The van der Waals surface area contributed by atoms with Gasteiger partial charge in [-0.2, -0.15) is 0 Å². The topological polar surface area (TPSA) is 181 Å². The van der Waals surface area contributed by atoms with Crippen molar-refractivity contribution < 1.29 is 57.9 Å². The van der Waals surface area contributed by atoms with E-state index in [1.54, 1.807) is 7.11 Å². The third-order valence-corrected chi connectivity index (χ3v) is 59.0. The molecular weight excluding hydrogens is 1300 g/mol. The number of hydrogen-bond donors (Lipinski definition) is 2. The molecule has 0 spiro atoms. The van der Waals surface area contributed by atoms with Crippen molar-refractivity contribution in [2.24, 2.45) is 0 Å². The van der Waals surface area contributed by atoms with Gasteiger partial charge in [0.2, 0.25) is 0 Å². The molecule has 26 heteroatoms. The average molecular weight is 1370 g/mol. The minimum Gasteiger partial charge on any atom is -0.399 e. The number of nitrogens with two attached hydrogens (primary N) is 2. The van der Waals surface area contributed by atoms with Crippen molar-refractivity contribution in [2.45, 2.75) is 19.6 Å². The minimum atomic E-state index is -5.35. The SMILES string of the molecule is CO[Si]1(c2ccccc2)O[Si]2(c3ccccc3)O[Si](C)(c3ccc(N)cc3)O[Si]3(c4ccccc4)O[Si](C)(c4ccccc4)O[Si]4(c5ccccc5)O[Si](C)(c5cccc(N)c5)O[Si](c5ccccc5)(O1)O[Si](c1ccccc1)(O2)O[Si](c1ccccc1)(O3)O4. The van der Waals surface area contributed by atoms with Gasteiger partial charge in [0, 0.05) is 54.8 Å². The molecule has 454 valence electrons. The molecule has 16 nitrogen and oxygen atoms in total. The standard InChI is InChI=1S/C64H64N2O14Si10/c1-67-84(57-33-15-6-16-34-57)74-87(60-39-21-9-22-40-60)71-82(3,56-50-48-53(65)49-51-56)70-85(58-35-17-7-18-36-58)68-81(2,55-31-13-5-14-32-55)69-86(59-37-19-8-20-38-59)72-83(4,64-47-29-30-54(66)52-64)73-88(75-84,61-41-23-10-24-42-61)79-90(78-87,63-45-27-12-28-46-63)80-89(76-85,77-86)62-43-25-11-26-44-62/h5-52H,65-66H2,1-4H3. The van der Waals surface area contributed by atoms with Crippen molar-refractivity contribution in [2.75, 3.05) is 18.6 Å². The Labute approximate surface area is 534 Å². The number of nitrogen functional groups attached to an aromatic ring is 2. The highest BCUT2D eigenvalue weighted by Gasteiger charge is 2.80. The summed E-state index contributed by atoms with van der Waals surface area (Å²) in [6, 6.07) is 92.2. The summed E-state index contributed by atoms with van der Waals surface area (Å²) in [5.41, 5.74) is 14.5. The highest BCUT2D eigenvalue weighted by Crippen LogP contribution is 2.44. The van der Waals surface area contributed by atoms with E-state index in [-0.39, 0.29) is 0 Å². The van der Waals surface area contributed by atoms with E-state index < -0.39 is 87.3 Å². The van der Waals surface area contributed by atoms with Gasteiger partial charge in [-0.1, -0.05) is 267 Å². The van der Waals surface area contributed by atoms with Gasteiger partial charge < -0.3 is 69.4 Å². The Morgan fingerprint density at radius 3 is 0.744 bits per heavy atom. The maximum Gasteiger partial charge on any atom is 0.522 e. The molecule has 10 atom stereocenters. The summed E-state index contributed by atoms with van der Waals surface area (Å²) in [5, 5.41) is 5.40. The molecule has 4 aliphatic rings. The summed E-state index contributed by atoms with van der Waals surface area (Å²) < 4.78 is 118. The highest BCUT2D eigenvalue weighted by molar-refractivity contribution is 7.12. The lowest BCUT2D eigenvalue weighted by Gasteiger charge is -2.58. The minimum absolute atomic E-state index is 0.438. The predicted octanol–water partition coefficient (Wildman–Crippen LogP) is 4.93. The lowest BCUT2D eigenvalue weighted by Crippen LogP contribution is -2.91. The number of hydrogen-bond acceptors (Lipinski definition) is 16. The zero-order chi connectivity index (χ0) is 61.8. The van der Waals surface area contributed by atoms with Gasteiger partial charge in [0.25, 0.3) is 0 Å². The van der Waals surface area contributed by atoms with Crippen molar-refractivity contribution in [1.82, 2.24) is 0 Å². The van der Waals surface area contributed by atoms with E-state index in [1.165, 1.54) is 0 Å². The van der Waals surface area contributed by atoms with Crippen molar-refractivity contribution in [3.05, 3.63) is 291 Å². The van der Waals surface area contributed by atoms with Crippen LogP contribution in [0.3, 0.4) is 0 Å². The average Bonchev–Trinajstić information content (AvgIpc) is 0.689. The van der Waals surface area contributed by atoms with Gasteiger partial charge in [-0.25, -0.2) is 0 Å². The van der Waals surface area contributed by atoms with Gasteiger partial charge >= 0.3 is 87.3 Å². The molecule has 4 heterocycles. The van der Waals surface area contributed by atoms with E-state index in [9.17, 15) is 0 Å². The fourth-order valence-electron chi connectivity index (χ4n) is 11.8. The summed E-state index contributed by atoms with van der Waals surface area (Å²) >= 11 is 0. The second kappa shape index (κ2) is 23.8. The third-order valence-electron chi connectivity index (χ3n) is 16.2. The van der Waals surface area contributed by atoms with Crippen LogP contribution in [-0.2, 0) is 57.9 Å². The maximum absolute atomic E-state index is 8.65. The first-order valence-electron chi connectivity index (χ1n) is 29.4. The van der Waals surface area contributed by atoms with Gasteiger partial charge in [0.15, 0.2) is 0 Å². The molecule has 10 unspecified atom stereocenters. The summed E-state index contributed by atoms with van der Waals surface area (Å²) in [4.78, 5) is 0. The molecule has 0 radical (unpaired) electrons. The predicted molar refractivity (Wildman–Crippen MR) is 366 cm³/mol. The Kier molecular flexibility index (Phi) is 16.1. The Hall–Kier alpha value is -6.59. The molecular formula is C64H64N2O14Si10. The quantitative estimate of drug-likeness (QED) is 0.131. The molecule has 4 N–H and O–H groups in total. The van der Waals surface area contributed by atoms with Crippen molar-refractivity contribution in [3.63, 3.8) is 0 Å². The van der Waals surface area contributed by atoms with Crippen LogP contribution in [0, 0.1) is 0 Å². The van der Waals surface area contributed by atoms with E-state index in [0.717, 1.165) is 0 Å². The van der Waals surface area contributed by atoms with Crippen LogP contribution >= 0.6 is 0 Å². The normalized spacial score (nSPS) is 31.8. The fourth-order valence-corrected chi connectivity index (χ4v) is 65.7. The van der Waals surface area contributed by atoms with Crippen LogP contribution in [-0.4, -0.2) is 94.4 Å². The molecule has 14 rings (SSSR count). The molecule has 10 aromatic carbocycles. The van der Waals surface area contributed by atoms with Crippen LogP contribution in [0.15, 0.2) is 291 Å². The van der Waals surface area contributed by atoms with E-state index in [4.69, 9.17) is 69.4 Å². The van der Waals surface area contributed by atoms with Gasteiger partial charge in [-0.3, -0.25) is 0 Å². The summed E-state index contributed by atoms with van der Waals surface area (Å²) in [6.45, 7) is 5.89. The molecule has 6 bridgehead atoms. The van der Waals surface area contributed by atoms with Crippen LogP contribution in [0.25, 0.3) is 0 Å². The molecule has 0 aliphatic carbocycles. The zero-order valence-electron chi connectivity index (χ0n) is 49.6. The van der Waals surface area contributed by atoms with Gasteiger partial charge in [0.1, 0.15) is 0 Å². The van der Waals surface area contributed by atoms with E-state index in [1.807, 2.05) is 311 Å². The van der Waals surface area contributed by atoms with Gasteiger partial charge in [0.05, 0.1) is 0 Å². The first-order valence-corrected chi connectivity index (χ1v) is 48.4. The van der Waals surface area contributed by atoms with E-state index in [0.29, 0.717) is 63.2 Å². The molecule has 4 fully saturated rings. The maximum atomic E-state index is 8.65. The fraction of sp³-hybridized carbons (Fsp3) is 0.0625. The van der Waals surface area contributed by atoms with Crippen LogP contribution in [0.5, 0.6) is 0 Å². The summed E-state index contributed by atoms with van der Waals surface area (Å²) in [7, 11) is -47.6. The van der Waals surface area contributed by atoms with Crippen molar-refractivity contribution in [3.8, 4) is 0 Å². The number of anilines is 2. The van der Waals surface area contributed by atoms with Crippen molar-refractivity contribution in [1.29, 1.82) is 0 Å². The van der Waals surface area contributed by atoms with E-state index >= 15 is 0 Å². The second-order valence-electron chi connectivity index (χ2n) is 22.4. The summed E-state index contributed by atoms with van der Waals surface area (Å²) in [5.74, 6) is 0. The number of benzene rings is 10. The molecule has 0 saturated carbocycles. The van der Waals surface area contributed by atoms with Crippen LogP contribution in [0.1, 0.15) is 0 Å². The lowest BCUT2D eigenvalue weighted by molar-refractivity contribution is 0.0517. The second-order valence-corrected chi connectivity index (χ2v) is 52.7. The molecule has 0 aromatic heterocycles. The zero-order valence-corrected chi connectivity index (χ0v) is 59.6. The Morgan fingerprint density at radius 2 is 0.456 bits per heavy atom. The Balaban J connectivity index is 1.25. The van der Waals surface area contributed by atoms with Crippen molar-refractivity contribution >= 4 is 151 Å². The first-order chi connectivity index (χ1) is 43.6. The molecule has 10 aromatic rings. The van der Waals surface area contributed by atoms with Gasteiger partial charge in [-0.05, 0) is 59.5 Å². The van der Waals surface area contributed by atoms with E-state index in [2.05, 4.69) is 0 Å². The number of rotatable bonds is 11. The molecule has 0 amide bonds. The molecule has 90 heavy (non-hydrogen) atoms. The largest absolute Gasteiger partial charge is 0.522 e. The van der Waals surface area contributed by atoms with Crippen LogP contribution in [0.4, 0.5) is 11.4 Å². The number of fused-ring (bicyclic) bond motifs is 4. The van der Waals surface area contributed by atoms with Crippen LogP contribution < -0.4 is 63.3 Å². The Morgan fingerprint density at radius 1 is 0.222 bits per heavy atom. The summed E-state index contributed by atoms with van der Waals surface area (Å²) in [6.07, 6.45) is 0. The van der Waals surface area contributed by atoms with Gasteiger partial charge in [-0.15, -0.1) is 0 Å². The smallest absolute Gasteiger partial charge is 0.399 e. The third kappa shape index (κ3) is 11.0. The lowest BCUT2D eigenvalue weighted by atomic mass is 10.3. The highest BCUT2D eigenvalue weighted by atomic mass is 28.6. The monoisotopic (exact) mass is 1360 g/mol. The molecule has 4 aliphatic heterocycles. The molecule has 4 saturated heterocycles. The van der Waals surface area contributed by atoms with Crippen LogP contribution in [0.2, 0.25) is 19.6 Å². The first kappa shape index (κ1) is 60.9.